The summed E-state index contributed by atoms with van der Waals surface area (Å²) < 4.78 is 10.9. The monoisotopic (exact) mass is 350 g/mol. The molecule has 0 saturated carbocycles. The number of aliphatic carboxylic acids is 1. The molecule has 3 atom stereocenters. The molecule has 7 heteroatoms. The number of ether oxygens (including phenoxy) is 2. The number of aromatic nitrogens is 1. The normalized spacial score (nSPS) is 27.1. The van der Waals surface area contributed by atoms with E-state index in [0.717, 1.165) is 30.5 Å². The van der Waals surface area contributed by atoms with Crippen molar-refractivity contribution < 1.29 is 24.2 Å². The van der Waals surface area contributed by atoms with Gasteiger partial charge in [-0.05, 0) is 45.2 Å². The summed E-state index contributed by atoms with van der Waals surface area (Å²) in [7, 11) is 0. The lowest BCUT2D eigenvalue weighted by Crippen LogP contribution is -2.51. The third kappa shape index (κ3) is 5.51. The van der Waals surface area contributed by atoms with E-state index in [9.17, 15) is 4.79 Å². The minimum Gasteiger partial charge on any atom is -0.477 e. The first-order valence-corrected chi connectivity index (χ1v) is 8.54. The molecule has 1 aliphatic rings. The van der Waals surface area contributed by atoms with Crippen molar-refractivity contribution in [3.63, 3.8) is 0 Å². The SMILES string of the molecule is CC(=NOCCCCC1COC(C)(C(=O)O)OC1C)c1cccnc1. The number of carboxylic acids is 1. The van der Waals surface area contributed by atoms with Crippen molar-refractivity contribution in [3.05, 3.63) is 30.1 Å². The summed E-state index contributed by atoms with van der Waals surface area (Å²) in [5, 5.41) is 13.2. The van der Waals surface area contributed by atoms with Crippen molar-refractivity contribution in [2.75, 3.05) is 13.2 Å². The maximum Gasteiger partial charge on any atom is 0.364 e. The summed E-state index contributed by atoms with van der Waals surface area (Å²) in [6, 6.07) is 3.80. The molecule has 0 bridgehead atoms. The molecule has 0 spiro atoms. The van der Waals surface area contributed by atoms with E-state index < -0.39 is 11.8 Å². The van der Waals surface area contributed by atoms with Crippen LogP contribution in [0.15, 0.2) is 29.7 Å². The summed E-state index contributed by atoms with van der Waals surface area (Å²) in [6.07, 6.45) is 6.01. The molecule has 1 saturated heterocycles. The van der Waals surface area contributed by atoms with Crippen molar-refractivity contribution >= 4 is 11.7 Å². The van der Waals surface area contributed by atoms with Gasteiger partial charge in [-0.1, -0.05) is 5.16 Å². The number of nitrogens with zero attached hydrogens (tertiary/aromatic N) is 2. The van der Waals surface area contributed by atoms with Crippen molar-refractivity contribution in [1.29, 1.82) is 0 Å². The van der Waals surface area contributed by atoms with Gasteiger partial charge in [0.25, 0.3) is 5.79 Å². The van der Waals surface area contributed by atoms with Crippen LogP contribution in [-0.4, -0.2) is 46.9 Å². The topological polar surface area (TPSA) is 90.2 Å². The number of carbonyl (C=O) groups is 1. The zero-order valence-electron chi connectivity index (χ0n) is 15.0. The summed E-state index contributed by atoms with van der Waals surface area (Å²) in [5.41, 5.74) is 1.73. The Morgan fingerprint density at radius 2 is 2.32 bits per heavy atom. The molecule has 25 heavy (non-hydrogen) atoms. The lowest BCUT2D eigenvalue weighted by Gasteiger charge is -2.39. The lowest BCUT2D eigenvalue weighted by atomic mass is 9.96. The Morgan fingerprint density at radius 1 is 1.52 bits per heavy atom. The molecule has 0 radical (unpaired) electrons. The van der Waals surface area contributed by atoms with Crippen LogP contribution in [0.25, 0.3) is 0 Å². The van der Waals surface area contributed by atoms with Crippen LogP contribution in [0.3, 0.4) is 0 Å². The van der Waals surface area contributed by atoms with Gasteiger partial charge in [0.15, 0.2) is 0 Å². The lowest BCUT2D eigenvalue weighted by molar-refractivity contribution is -0.292. The van der Waals surface area contributed by atoms with Crippen LogP contribution < -0.4 is 0 Å². The molecule has 3 unspecified atom stereocenters. The van der Waals surface area contributed by atoms with Gasteiger partial charge in [0.1, 0.15) is 6.61 Å². The molecule has 7 nitrogen and oxygen atoms in total. The van der Waals surface area contributed by atoms with Gasteiger partial charge >= 0.3 is 5.97 Å². The van der Waals surface area contributed by atoms with Crippen LogP contribution in [0.5, 0.6) is 0 Å². The van der Waals surface area contributed by atoms with E-state index in [1.165, 1.54) is 6.92 Å². The van der Waals surface area contributed by atoms with Crippen molar-refractivity contribution in [2.45, 2.75) is 51.9 Å². The van der Waals surface area contributed by atoms with E-state index in [0.29, 0.717) is 13.2 Å². The minimum atomic E-state index is -1.53. The van der Waals surface area contributed by atoms with E-state index in [1.54, 1.807) is 12.4 Å². The number of unbranched alkanes of at least 4 members (excludes halogenated alkanes) is 1. The summed E-state index contributed by atoms with van der Waals surface area (Å²) in [6.45, 7) is 6.15. The highest BCUT2D eigenvalue weighted by atomic mass is 16.7. The first-order chi connectivity index (χ1) is 11.9. The third-order valence-electron chi connectivity index (χ3n) is 4.38. The van der Waals surface area contributed by atoms with E-state index in [4.69, 9.17) is 19.4 Å². The zero-order chi connectivity index (χ0) is 18.3. The van der Waals surface area contributed by atoms with Crippen LogP contribution in [0.4, 0.5) is 0 Å². The highest BCUT2D eigenvalue weighted by Crippen LogP contribution is 2.29. The smallest absolute Gasteiger partial charge is 0.364 e. The summed E-state index contributed by atoms with van der Waals surface area (Å²) in [5.74, 6) is -2.43. The molecule has 138 valence electrons. The van der Waals surface area contributed by atoms with E-state index in [1.807, 2.05) is 26.0 Å². The van der Waals surface area contributed by atoms with Gasteiger partial charge in [-0.2, -0.15) is 0 Å². The molecule has 1 aromatic rings. The van der Waals surface area contributed by atoms with Gasteiger partial charge in [0.2, 0.25) is 0 Å². The molecular formula is C18H26N2O5. The first kappa shape index (κ1) is 19.3. The summed E-state index contributed by atoms with van der Waals surface area (Å²) in [4.78, 5) is 20.5. The fourth-order valence-electron chi connectivity index (χ4n) is 2.66. The van der Waals surface area contributed by atoms with Crippen LogP contribution in [0.2, 0.25) is 0 Å². The second kappa shape index (κ2) is 8.92. The number of carboxylic acid groups (broad SMARTS) is 1. The molecule has 2 heterocycles. The number of rotatable bonds is 8. The van der Waals surface area contributed by atoms with Gasteiger partial charge < -0.3 is 19.4 Å². The van der Waals surface area contributed by atoms with Gasteiger partial charge in [-0.15, -0.1) is 0 Å². The molecule has 1 N–H and O–H groups in total. The quantitative estimate of drug-likeness (QED) is 0.440. The summed E-state index contributed by atoms with van der Waals surface area (Å²) >= 11 is 0. The highest BCUT2D eigenvalue weighted by Gasteiger charge is 2.43. The predicted molar refractivity (Wildman–Crippen MR) is 92.3 cm³/mol. The second-order valence-corrected chi connectivity index (χ2v) is 6.39. The standard InChI is InChI=1S/C18H26N2O5/c1-13(15-8-6-9-19-11-15)20-24-10-5-4-7-16-12-23-18(3,17(21)22)25-14(16)2/h6,8-9,11,14,16H,4-5,7,10,12H2,1-3H3,(H,21,22). The molecule has 0 aliphatic carbocycles. The molecule has 0 amide bonds. The minimum absolute atomic E-state index is 0.151. The Hall–Kier alpha value is -1.99. The van der Waals surface area contributed by atoms with Crippen LogP contribution in [0.1, 0.15) is 45.6 Å². The van der Waals surface area contributed by atoms with Gasteiger partial charge in [0.05, 0.1) is 18.4 Å². The fraction of sp³-hybridized carbons (Fsp3) is 0.611. The average Bonchev–Trinajstić information content (AvgIpc) is 2.60. The number of hydrogen-bond donors (Lipinski definition) is 1. The average molecular weight is 350 g/mol. The Bertz CT molecular complexity index is 592. The van der Waals surface area contributed by atoms with Crippen molar-refractivity contribution in [1.82, 2.24) is 4.98 Å². The molecule has 1 aromatic heterocycles. The van der Waals surface area contributed by atoms with Gasteiger partial charge in [-0.3, -0.25) is 4.98 Å². The van der Waals surface area contributed by atoms with Gasteiger partial charge in [0, 0.05) is 30.8 Å². The number of pyridine rings is 1. The highest BCUT2D eigenvalue weighted by molar-refractivity contribution is 5.97. The Morgan fingerprint density at radius 3 is 2.96 bits per heavy atom. The Labute approximate surface area is 148 Å². The van der Waals surface area contributed by atoms with Crippen LogP contribution >= 0.6 is 0 Å². The molecule has 1 fully saturated rings. The predicted octanol–water partition coefficient (Wildman–Crippen LogP) is 2.84. The second-order valence-electron chi connectivity index (χ2n) is 6.39. The Kier molecular flexibility index (Phi) is 6.90. The van der Waals surface area contributed by atoms with Crippen LogP contribution in [0, 0.1) is 5.92 Å². The third-order valence-corrected chi connectivity index (χ3v) is 4.38. The first-order valence-electron chi connectivity index (χ1n) is 8.54. The Balaban J connectivity index is 1.64. The molecule has 1 aliphatic heterocycles. The maximum atomic E-state index is 11.1. The van der Waals surface area contributed by atoms with E-state index >= 15 is 0 Å². The van der Waals surface area contributed by atoms with Crippen molar-refractivity contribution in [2.24, 2.45) is 11.1 Å². The molecule has 2 rings (SSSR count). The van der Waals surface area contributed by atoms with E-state index in [2.05, 4.69) is 10.1 Å². The molecular weight excluding hydrogens is 324 g/mol. The van der Waals surface area contributed by atoms with Crippen molar-refractivity contribution in [3.8, 4) is 0 Å². The zero-order valence-corrected chi connectivity index (χ0v) is 15.0. The van der Waals surface area contributed by atoms with Crippen LogP contribution in [-0.2, 0) is 19.1 Å². The fourth-order valence-corrected chi connectivity index (χ4v) is 2.66. The van der Waals surface area contributed by atoms with E-state index in [-0.39, 0.29) is 12.0 Å². The largest absolute Gasteiger partial charge is 0.477 e. The maximum absolute atomic E-state index is 11.1. The molecule has 0 aromatic carbocycles. The number of hydrogen-bond acceptors (Lipinski definition) is 6. The van der Waals surface area contributed by atoms with Gasteiger partial charge in [-0.25, -0.2) is 4.79 Å². The number of oxime groups is 1.